The van der Waals surface area contributed by atoms with Crippen molar-refractivity contribution >= 4 is 0 Å². The molecule has 19 heavy (non-hydrogen) atoms. The lowest BCUT2D eigenvalue weighted by Crippen LogP contribution is -2.13. The molecular formula is C17H20FN. The van der Waals surface area contributed by atoms with Crippen LogP contribution >= 0.6 is 0 Å². The van der Waals surface area contributed by atoms with E-state index in [2.05, 4.69) is 18.2 Å². The van der Waals surface area contributed by atoms with Crippen LogP contribution in [-0.2, 0) is 6.42 Å². The highest BCUT2D eigenvalue weighted by Gasteiger charge is 2.19. The zero-order chi connectivity index (χ0) is 13.5. The third-order valence-corrected chi connectivity index (χ3v) is 4.16. The van der Waals surface area contributed by atoms with Gasteiger partial charge in [-0.25, -0.2) is 4.39 Å². The first-order valence-corrected chi connectivity index (χ1v) is 7.07. The minimum atomic E-state index is 0.455. The van der Waals surface area contributed by atoms with Crippen LogP contribution in [0.2, 0.25) is 0 Å². The third kappa shape index (κ3) is 4.21. The van der Waals surface area contributed by atoms with Gasteiger partial charge in [-0.05, 0) is 68.1 Å². The number of nitriles is 1. The summed E-state index contributed by atoms with van der Waals surface area (Å²) in [7, 11) is 0. The Balaban J connectivity index is 1.75. The molecule has 0 radical (unpaired) electrons. The van der Waals surface area contributed by atoms with Gasteiger partial charge in [0.2, 0.25) is 0 Å². The van der Waals surface area contributed by atoms with E-state index < -0.39 is 0 Å². The number of nitrogens with zero attached hydrogens (tertiary/aromatic N) is 1. The normalized spacial score (nSPS) is 23.4. The van der Waals surface area contributed by atoms with E-state index in [9.17, 15) is 4.39 Å². The monoisotopic (exact) mass is 257 g/mol. The SMILES string of the molecule is N#Cc1ccc(CCC2CCC(C=CF)CC2)cc1. The fourth-order valence-electron chi connectivity index (χ4n) is 2.89. The molecule has 2 rings (SSSR count). The molecule has 1 aromatic carbocycles. The third-order valence-electron chi connectivity index (χ3n) is 4.16. The predicted molar refractivity (Wildman–Crippen MR) is 75.2 cm³/mol. The largest absolute Gasteiger partial charge is 0.216 e. The summed E-state index contributed by atoms with van der Waals surface area (Å²) < 4.78 is 12.1. The van der Waals surface area contributed by atoms with Crippen molar-refractivity contribution in [1.29, 1.82) is 5.26 Å². The van der Waals surface area contributed by atoms with Gasteiger partial charge in [0.05, 0.1) is 18.0 Å². The summed E-state index contributed by atoms with van der Waals surface area (Å²) in [5.74, 6) is 1.23. The van der Waals surface area contributed by atoms with Gasteiger partial charge in [0.25, 0.3) is 0 Å². The standard InChI is InChI=1S/C17H20FN/c18-12-11-16-5-3-14(4-6-16)1-2-15-7-9-17(13-19)10-8-15/h7-12,14,16H,1-6H2. The van der Waals surface area contributed by atoms with Crippen LogP contribution in [0.1, 0.15) is 43.2 Å². The molecule has 0 N–H and O–H groups in total. The van der Waals surface area contributed by atoms with Gasteiger partial charge >= 0.3 is 0 Å². The van der Waals surface area contributed by atoms with E-state index in [4.69, 9.17) is 5.26 Å². The fraction of sp³-hybridized carbons (Fsp3) is 0.471. The van der Waals surface area contributed by atoms with Gasteiger partial charge in [0.15, 0.2) is 0 Å². The molecule has 0 atom stereocenters. The molecule has 0 amide bonds. The zero-order valence-corrected chi connectivity index (χ0v) is 11.2. The van der Waals surface area contributed by atoms with Crippen molar-refractivity contribution < 1.29 is 4.39 Å². The van der Waals surface area contributed by atoms with Gasteiger partial charge in [0.1, 0.15) is 0 Å². The molecular weight excluding hydrogens is 237 g/mol. The number of aryl methyl sites for hydroxylation is 1. The number of allylic oxidation sites excluding steroid dienone is 1. The number of rotatable bonds is 4. The van der Waals surface area contributed by atoms with Crippen LogP contribution in [0.15, 0.2) is 36.7 Å². The van der Waals surface area contributed by atoms with Crippen LogP contribution in [-0.4, -0.2) is 0 Å². The second kappa shape index (κ2) is 7.09. The van der Waals surface area contributed by atoms with Crippen LogP contribution in [0.25, 0.3) is 0 Å². The molecule has 1 aliphatic rings. The van der Waals surface area contributed by atoms with Crippen molar-refractivity contribution in [3.05, 3.63) is 47.8 Å². The molecule has 1 aliphatic carbocycles. The van der Waals surface area contributed by atoms with Crippen molar-refractivity contribution in [3.63, 3.8) is 0 Å². The average molecular weight is 257 g/mol. The van der Waals surface area contributed by atoms with Crippen molar-refractivity contribution in [1.82, 2.24) is 0 Å². The van der Waals surface area contributed by atoms with Crippen molar-refractivity contribution in [2.75, 3.05) is 0 Å². The predicted octanol–water partition coefficient (Wildman–Crippen LogP) is 4.78. The summed E-state index contributed by atoms with van der Waals surface area (Å²) in [6.07, 6.45) is 9.37. The summed E-state index contributed by atoms with van der Waals surface area (Å²) in [5.41, 5.74) is 2.03. The summed E-state index contributed by atoms with van der Waals surface area (Å²) in [5, 5.41) is 8.75. The van der Waals surface area contributed by atoms with E-state index in [0.29, 0.717) is 12.2 Å². The molecule has 1 saturated carbocycles. The van der Waals surface area contributed by atoms with Gasteiger partial charge in [-0.15, -0.1) is 0 Å². The van der Waals surface area contributed by atoms with Crippen LogP contribution < -0.4 is 0 Å². The quantitative estimate of drug-likeness (QED) is 0.761. The molecule has 0 bridgehead atoms. The highest BCUT2D eigenvalue weighted by Crippen LogP contribution is 2.32. The van der Waals surface area contributed by atoms with Crippen LogP contribution in [0.4, 0.5) is 4.39 Å². The van der Waals surface area contributed by atoms with E-state index >= 15 is 0 Å². The van der Waals surface area contributed by atoms with Crippen molar-refractivity contribution in [2.24, 2.45) is 11.8 Å². The van der Waals surface area contributed by atoms with E-state index in [0.717, 1.165) is 30.7 Å². The van der Waals surface area contributed by atoms with Gasteiger partial charge in [-0.1, -0.05) is 18.2 Å². The Bertz CT molecular complexity index is 447. The maximum absolute atomic E-state index is 12.1. The molecule has 0 saturated heterocycles. The number of hydrogen-bond donors (Lipinski definition) is 0. The minimum Gasteiger partial charge on any atom is -0.216 e. The summed E-state index contributed by atoms with van der Waals surface area (Å²) in [6, 6.07) is 10.0. The fourth-order valence-corrected chi connectivity index (χ4v) is 2.89. The maximum Gasteiger partial charge on any atom is 0.0991 e. The lowest BCUT2D eigenvalue weighted by atomic mass is 9.79. The highest BCUT2D eigenvalue weighted by molar-refractivity contribution is 5.31. The summed E-state index contributed by atoms with van der Waals surface area (Å²) in [6.45, 7) is 0. The Morgan fingerprint density at radius 2 is 1.84 bits per heavy atom. The Kier molecular flexibility index (Phi) is 5.15. The molecule has 0 aromatic heterocycles. The van der Waals surface area contributed by atoms with E-state index in [-0.39, 0.29) is 0 Å². The minimum absolute atomic E-state index is 0.455. The Hall–Kier alpha value is -1.62. The van der Waals surface area contributed by atoms with Gasteiger partial charge in [0, 0.05) is 0 Å². The Morgan fingerprint density at radius 3 is 2.42 bits per heavy atom. The number of halogens is 1. The molecule has 1 fully saturated rings. The van der Waals surface area contributed by atoms with E-state index in [1.165, 1.54) is 24.8 Å². The molecule has 0 spiro atoms. The smallest absolute Gasteiger partial charge is 0.0991 e. The van der Waals surface area contributed by atoms with Crippen molar-refractivity contribution in [2.45, 2.75) is 38.5 Å². The molecule has 0 aliphatic heterocycles. The second-order valence-electron chi connectivity index (χ2n) is 5.45. The van der Waals surface area contributed by atoms with E-state index in [1.807, 2.05) is 12.1 Å². The van der Waals surface area contributed by atoms with Crippen LogP contribution in [0.3, 0.4) is 0 Å². The molecule has 2 heteroatoms. The lowest BCUT2D eigenvalue weighted by molar-refractivity contribution is 0.295. The zero-order valence-electron chi connectivity index (χ0n) is 11.2. The average Bonchev–Trinajstić information content (AvgIpc) is 2.47. The van der Waals surface area contributed by atoms with Gasteiger partial charge < -0.3 is 0 Å². The first-order chi connectivity index (χ1) is 9.31. The molecule has 1 aromatic rings. The Morgan fingerprint density at radius 1 is 1.16 bits per heavy atom. The summed E-state index contributed by atoms with van der Waals surface area (Å²) >= 11 is 0. The van der Waals surface area contributed by atoms with E-state index in [1.54, 1.807) is 6.08 Å². The molecule has 100 valence electrons. The second-order valence-corrected chi connectivity index (χ2v) is 5.45. The molecule has 0 unspecified atom stereocenters. The molecule has 1 nitrogen and oxygen atoms in total. The first kappa shape index (κ1) is 13.8. The topological polar surface area (TPSA) is 23.8 Å². The maximum atomic E-state index is 12.1. The molecule has 0 heterocycles. The van der Waals surface area contributed by atoms with Crippen LogP contribution in [0, 0.1) is 23.2 Å². The van der Waals surface area contributed by atoms with Crippen LogP contribution in [0.5, 0.6) is 0 Å². The summed E-state index contributed by atoms with van der Waals surface area (Å²) in [4.78, 5) is 0. The number of benzene rings is 1. The first-order valence-electron chi connectivity index (χ1n) is 7.07. The lowest BCUT2D eigenvalue weighted by Gasteiger charge is -2.26. The highest BCUT2D eigenvalue weighted by atomic mass is 19.1. The number of hydrogen-bond acceptors (Lipinski definition) is 1. The Labute approximate surface area is 114 Å². The van der Waals surface area contributed by atoms with Crippen molar-refractivity contribution in [3.8, 4) is 6.07 Å². The van der Waals surface area contributed by atoms with Gasteiger partial charge in [-0.2, -0.15) is 5.26 Å². The van der Waals surface area contributed by atoms with Gasteiger partial charge in [-0.3, -0.25) is 0 Å².